The molecule has 3 rings (SSSR count). The fraction of sp³-hybridized carbons (Fsp3) is 0.391. The van der Waals surface area contributed by atoms with E-state index in [-0.39, 0.29) is 22.9 Å². The normalized spacial score (nSPS) is 13.5. The number of carbonyl (C=O) groups is 1. The van der Waals surface area contributed by atoms with Crippen LogP contribution in [0.15, 0.2) is 52.7 Å². The van der Waals surface area contributed by atoms with Crippen molar-refractivity contribution in [3.05, 3.63) is 59.8 Å². The lowest BCUT2D eigenvalue weighted by Gasteiger charge is -2.29. The maximum absolute atomic E-state index is 13.1. The van der Waals surface area contributed by atoms with Gasteiger partial charge in [0.2, 0.25) is 0 Å². The van der Waals surface area contributed by atoms with E-state index in [0.717, 1.165) is 27.6 Å². The highest BCUT2D eigenvalue weighted by Crippen LogP contribution is 2.35. The lowest BCUT2D eigenvalue weighted by atomic mass is 10.2. The number of likely N-dealkylation sites (N-methyl/N-ethyl adjacent to an activating group) is 1. The van der Waals surface area contributed by atoms with Gasteiger partial charge in [-0.05, 0) is 23.8 Å². The number of sulfonamides is 1. The Morgan fingerprint density at radius 3 is 2.42 bits per heavy atom. The highest BCUT2D eigenvalue weighted by molar-refractivity contribution is 7.91. The molecule has 196 valence electrons. The minimum atomic E-state index is -4.61. The van der Waals surface area contributed by atoms with Crippen LogP contribution >= 0.6 is 11.3 Å². The van der Waals surface area contributed by atoms with Crippen LogP contribution in [-0.2, 0) is 39.4 Å². The summed E-state index contributed by atoms with van der Waals surface area (Å²) in [6, 6.07) is 12.0. The fourth-order valence-corrected chi connectivity index (χ4v) is 6.12. The second-order valence-electron chi connectivity index (χ2n) is 9.30. The number of esters is 1. The van der Waals surface area contributed by atoms with Crippen LogP contribution in [0.4, 0.5) is 13.2 Å². The van der Waals surface area contributed by atoms with Crippen molar-refractivity contribution in [3.63, 3.8) is 0 Å². The summed E-state index contributed by atoms with van der Waals surface area (Å²) < 4.78 is 74.5. The van der Waals surface area contributed by atoms with E-state index >= 15 is 0 Å². The van der Waals surface area contributed by atoms with Crippen molar-refractivity contribution in [3.8, 4) is 10.6 Å². The molecule has 1 aromatic carbocycles. The molecular weight excluding hydrogens is 517 g/mol. The van der Waals surface area contributed by atoms with E-state index in [4.69, 9.17) is 4.74 Å². The van der Waals surface area contributed by atoms with Crippen molar-refractivity contribution in [1.29, 1.82) is 0 Å². The van der Waals surface area contributed by atoms with E-state index in [2.05, 4.69) is 9.82 Å². The van der Waals surface area contributed by atoms with E-state index in [9.17, 15) is 26.4 Å². The number of benzene rings is 1. The van der Waals surface area contributed by atoms with E-state index in [1.54, 1.807) is 0 Å². The van der Waals surface area contributed by atoms with Gasteiger partial charge in [0.1, 0.15) is 10.8 Å². The number of carbonyl (C=O) groups excluding carboxylic acids is 1. The van der Waals surface area contributed by atoms with Crippen molar-refractivity contribution >= 4 is 27.3 Å². The first-order chi connectivity index (χ1) is 16.6. The first-order valence-corrected chi connectivity index (χ1v) is 13.2. The minimum Gasteiger partial charge on any atom is -0.461 e. The monoisotopic (exact) mass is 545 g/mol. The summed E-state index contributed by atoms with van der Waals surface area (Å²) >= 11 is 0.818. The smallest absolute Gasteiger partial charge is 0.435 e. The Bertz CT molecular complexity index is 1300. The zero-order chi connectivity index (χ0) is 26.7. The van der Waals surface area contributed by atoms with Gasteiger partial charge in [0.05, 0.1) is 50.7 Å². The van der Waals surface area contributed by atoms with E-state index in [1.807, 2.05) is 51.5 Å². The molecule has 0 saturated heterocycles. The van der Waals surface area contributed by atoms with Gasteiger partial charge in [-0.3, -0.25) is 9.48 Å². The first kappa shape index (κ1) is 27.8. The molecule has 1 unspecified atom stereocenters. The Morgan fingerprint density at radius 2 is 1.83 bits per heavy atom. The van der Waals surface area contributed by atoms with Gasteiger partial charge in [0.25, 0.3) is 10.0 Å². The molecule has 1 N–H and O–H groups in total. The summed E-state index contributed by atoms with van der Waals surface area (Å²) in [7, 11) is 2.87. The van der Waals surface area contributed by atoms with Crippen molar-refractivity contribution in [2.24, 2.45) is 7.05 Å². The molecule has 0 bridgehead atoms. The maximum atomic E-state index is 13.1. The molecule has 0 fully saturated rings. The minimum absolute atomic E-state index is 0.0718. The lowest BCUT2D eigenvalue weighted by Crippen LogP contribution is -2.49. The average Bonchev–Trinajstić information content (AvgIpc) is 3.38. The number of quaternary nitrogens is 1. The number of alkyl halides is 3. The highest BCUT2D eigenvalue weighted by Gasteiger charge is 2.35. The summed E-state index contributed by atoms with van der Waals surface area (Å²) in [5, 5.41) is 3.47. The predicted octanol–water partition coefficient (Wildman–Crippen LogP) is 3.65. The average molecular weight is 546 g/mol. The van der Waals surface area contributed by atoms with E-state index in [0.29, 0.717) is 15.9 Å². The molecule has 2 aromatic heterocycles. The van der Waals surface area contributed by atoms with Crippen molar-refractivity contribution < 1.29 is 35.6 Å². The Labute approximate surface area is 211 Å². The third kappa shape index (κ3) is 7.63. The van der Waals surface area contributed by atoms with Gasteiger partial charge in [-0.1, -0.05) is 30.3 Å². The second-order valence-corrected chi connectivity index (χ2v) is 12.3. The number of halogens is 3. The van der Waals surface area contributed by atoms with Crippen LogP contribution in [-0.4, -0.2) is 62.4 Å². The molecule has 0 spiro atoms. The maximum Gasteiger partial charge on any atom is 0.435 e. The predicted molar refractivity (Wildman–Crippen MR) is 129 cm³/mol. The Morgan fingerprint density at radius 1 is 1.17 bits per heavy atom. The quantitative estimate of drug-likeness (QED) is 0.310. The largest absolute Gasteiger partial charge is 0.461 e. The first-order valence-electron chi connectivity index (χ1n) is 10.9. The summed E-state index contributed by atoms with van der Waals surface area (Å²) in [6.07, 6.45) is -4.80. The molecule has 36 heavy (non-hydrogen) atoms. The molecule has 2 heterocycles. The molecule has 0 aliphatic rings. The van der Waals surface area contributed by atoms with E-state index in [1.165, 1.54) is 19.2 Å². The number of nitrogens with one attached hydrogen (secondary N) is 1. The summed E-state index contributed by atoms with van der Waals surface area (Å²) in [6.45, 7) is 0.372. The Balaban J connectivity index is 1.75. The third-order valence-corrected chi connectivity index (χ3v) is 8.13. The molecule has 3 aromatic rings. The summed E-state index contributed by atoms with van der Waals surface area (Å²) in [5.41, 5.74) is -0.112. The summed E-state index contributed by atoms with van der Waals surface area (Å²) in [4.78, 5) is 12.8. The van der Waals surface area contributed by atoms with Crippen molar-refractivity contribution in [2.45, 2.75) is 29.5 Å². The molecule has 0 aliphatic heterocycles. The van der Waals surface area contributed by atoms with Crippen LogP contribution in [0.25, 0.3) is 10.6 Å². The third-order valence-electron chi connectivity index (χ3n) is 5.01. The zero-order valence-corrected chi connectivity index (χ0v) is 21.9. The van der Waals surface area contributed by atoms with Gasteiger partial charge >= 0.3 is 12.1 Å². The van der Waals surface area contributed by atoms with Gasteiger partial charge in [-0.15, -0.1) is 11.3 Å². The molecule has 8 nitrogen and oxygen atoms in total. The zero-order valence-electron chi connectivity index (χ0n) is 20.2. The van der Waals surface area contributed by atoms with Crippen LogP contribution in [0.1, 0.15) is 17.7 Å². The number of rotatable bonds is 10. The standard InChI is InChI=1S/C23H28F3N4O4S2/c1-29-18(13-20(27-29)23(24,25)26)19-10-11-22(35-19)36(32,33)28-17(14-30(2,3)4)12-21(31)34-15-16-8-6-5-7-9-16/h5-11,13,17,28H,12,14-15H2,1-4H3/q+1. The number of aromatic nitrogens is 2. The number of hydrogen-bond acceptors (Lipinski definition) is 6. The number of aryl methyl sites for hydroxylation is 1. The van der Waals surface area contributed by atoms with Gasteiger partial charge in [0, 0.05) is 7.05 Å². The van der Waals surface area contributed by atoms with Crippen LogP contribution in [0.5, 0.6) is 0 Å². The van der Waals surface area contributed by atoms with Crippen LogP contribution in [0.2, 0.25) is 0 Å². The van der Waals surface area contributed by atoms with Crippen LogP contribution in [0.3, 0.4) is 0 Å². The Kier molecular flexibility index (Phi) is 8.28. The van der Waals surface area contributed by atoms with Crippen molar-refractivity contribution in [1.82, 2.24) is 14.5 Å². The lowest BCUT2D eigenvalue weighted by molar-refractivity contribution is -0.871. The molecule has 0 amide bonds. The van der Waals surface area contributed by atoms with Gasteiger partial charge in [-0.2, -0.15) is 18.3 Å². The molecular formula is C23H28F3N4O4S2+. The topological polar surface area (TPSA) is 90.3 Å². The number of ether oxygens (including phenoxy) is 1. The van der Waals surface area contributed by atoms with Crippen LogP contribution in [0, 0.1) is 0 Å². The molecule has 0 saturated carbocycles. The highest BCUT2D eigenvalue weighted by atomic mass is 32.2. The Hall–Kier alpha value is -2.74. The van der Waals surface area contributed by atoms with Gasteiger partial charge in [0.15, 0.2) is 5.69 Å². The van der Waals surface area contributed by atoms with Gasteiger partial charge < -0.3 is 9.22 Å². The molecule has 0 aliphatic carbocycles. The van der Waals surface area contributed by atoms with Gasteiger partial charge in [-0.25, -0.2) is 13.1 Å². The van der Waals surface area contributed by atoms with E-state index < -0.39 is 33.9 Å². The SMILES string of the molecule is Cn1nc(C(F)(F)F)cc1-c1ccc(S(=O)(=O)NC(CC(=O)OCc2ccccc2)C[N+](C)(C)C)s1. The molecule has 0 radical (unpaired) electrons. The number of thiophene rings is 1. The fourth-order valence-electron chi connectivity index (χ4n) is 3.52. The molecule has 1 atom stereocenters. The second kappa shape index (κ2) is 10.7. The number of nitrogens with zero attached hydrogens (tertiary/aromatic N) is 3. The van der Waals surface area contributed by atoms with Crippen molar-refractivity contribution in [2.75, 3.05) is 27.7 Å². The van der Waals surface area contributed by atoms with Crippen LogP contribution < -0.4 is 4.72 Å². The summed E-state index contributed by atoms with van der Waals surface area (Å²) in [5.74, 6) is -0.554. The number of hydrogen-bond donors (Lipinski definition) is 1. The molecule has 13 heteroatoms.